The van der Waals surface area contributed by atoms with E-state index in [2.05, 4.69) is 10.3 Å². The van der Waals surface area contributed by atoms with Crippen molar-refractivity contribution in [2.75, 3.05) is 13.1 Å². The zero-order chi connectivity index (χ0) is 8.39. The van der Waals surface area contributed by atoms with Crippen LogP contribution in [0, 0.1) is 0 Å². The lowest BCUT2D eigenvalue weighted by Crippen LogP contribution is -2.08. The summed E-state index contributed by atoms with van der Waals surface area (Å²) < 4.78 is 0. The molecular weight excluding hydrogens is 152 g/mol. The van der Waals surface area contributed by atoms with Crippen molar-refractivity contribution in [3.8, 4) is 5.88 Å². The number of aromatic hydroxyl groups is 1. The topological polar surface area (TPSA) is 45.1 Å². The van der Waals surface area contributed by atoms with Gasteiger partial charge in [-0.1, -0.05) is 6.07 Å². The molecule has 12 heavy (non-hydrogen) atoms. The molecule has 2 N–H and O–H groups in total. The number of hydrogen-bond donors (Lipinski definition) is 2. The maximum absolute atomic E-state index is 9.14. The van der Waals surface area contributed by atoms with E-state index in [1.165, 1.54) is 0 Å². The van der Waals surface area contributed by atoms with Gasteiger partial charge >= 0.3 is 0 Å². The van der Waals surface area contributed by atoms with Crippen molar-refractivity contribution in [1.82, 2.24) is 10.3 Å². The van der Waals surface area contributed by atoms with E-state index in [1.807, 2.05) is 12.1 Å². The van der Waals surface area contributed by atoms with Crippen LogP contribution < -0.4 is 5.32 Å². The summed E-state index contributed by atoms with van der Waals surface area (Å²) in [5, 5.41) is 12.4. The van der Waals surface area contributed by atoms with Crippen molar-refractivity contribution in [2.24, 2.45) is 0 Å². The molecule has 0 aliphatic carbocycles. The molecule has 1 aromatic rings. The van der Waals surface area contributed by atoms with Crippen LogP contribution in [0.2, 0.25) is 0 Å². The first-order chi connectivity index (χ1) is 5.86. The summed E-state index contributed by atoms with van der Waals surface area (Å²) in [5.41, 5.74) is 1.00. The van der Waals surface area contributed by atoms with Gasteiger partial charge in [-0.05, 0) is 19.0 Å². The van der Waals surface area contributed by atoms with Gasteiger partial charge in [-0.3, -0.25) is 0 Å². The highest BCUT2D eigenvalue weighted by Crippen LogP contribution is 2.21. The van der Waals surface area contributed by atoms with E-state index < -0.39 is 0 Å². The van der Waals surface area contributed by atoms with Gasteiger partial charge in [-0.25, -0.2) is 4.98 Å². The average Bonchev–Trinajstić information content (AvgIpc) is 2.56. The molecule has 1 aromatic heterocycles. The molecule has 2 heterocycles. The highest BCUT2D eigenvalue weighted by atomic mass is 16.3. The van der Waals surface area contributed by atoms with E-state index in [-0.39, 0.29) is 5.88 Å². The van der Waals surface area contributed by atoms with Crippen molar-refractivity contribution < 1.29 is 5.11 Å². The highest BCUT2D eigenvalue weighted by molar-refractivity contribution is 5.18. The first-order valence-corrected chi connectivity index (χ1v) is 4.23. The third kappa shape index (κ3) is 1.41. The largest absolute Gasteiger partial charge is 0.493 e. The first-order valence-electron chi connectivity index (χ1n) is 4.23. The van der Waals surface area contributed by atoms with Gasteiger partial charge < -0.3 is 10.4 Å². The minimum atomic E-state index is 0.124. The Hall–Kier alpha value is -1.09. The lowest BCUT2D eigenvalue weighted by Gasteiger charge is -2.06. The van der Waals surface area contributed by atoms with E-state index in [4.69, 9.17) is 5.11 Å². The van der Waals surface area contributed by atoms with Gasteiger partial charge in [0.25, 0.3) is 0 Å². The van der Waals surface area contributed by atoms with Gasteiger partial charge in [-0.15, -0.1) is 0 Å². The lowest BCUT2D eigenvalue weighted by molar-refractivity contribution is 0.449. The number of aromatic nitrogens is 1. The van der Waals surface area contributed by atoms with Crippen LogP contribution in [0.1, 0.15) is 18.0 Å². The fourth-order valence-electron chi connectivity index (χ4n) is 1.57. The summed E-state index contributed by atoms with van der Waals surface area (Å²) in [5.74, 6) is 0.608. The fraction of sp³-hybridized carbons (Fsp3) is 0.444. The average molecular weight is 164 g/mol. The van der Waals surface area contributed by atoms with E-state index >= 15 is 0 Å². The lowest BCUT2D eigenvalue weighted by atomic mass is 10.0. The Morgan fingerprint density at radius 3 is 3.08 bits per heavy atom. The predicted octanol–water partition coefficient (Wildman–Crippen LogP) is 0.864. The molecule has 1 aliphatic rings. The van der Waals surface area contributed by atoms with Crippen molar-refractivity contribution in [1.29, 1.82) is 0 Å². The second kappa shape index (κ2) is 3.11. The summed E-state index contributed by atoms with van der Waals surface area (Å²) in [6.07, 6.45) is 1.12. The Balaban J connectivity index is 2.21. The number of rotatable bonds is 1. The molecule has 1 aliphatic heterocycles. The van der Waals surface area contributed by atoms with Crippen molar-refractivity contribution in [3.05, 3.63) is 23.9 Å². The summed E-state index contributed by atoms with van der Waals surface area (Å²) in [4.78, 5) is 4.07. The van der Waals surface area contributed by atoms with Crippen LogP contribution in [0.15, 0.2) is 18.2 Å². The zero-order valence-corrected chi connectivity index (χ0v) is 6.83. The van der Waals surface area contributed by atoms with Crippen molar-refractivity contribution in [2.45, 2.75) is 12.3 Å². The van der Waals surface area contributed by atoms with Crippen LogP contribution in [0.3, 0.4) is 0 Å². The molecule has 0 amide bonds. The molecule has 1 unspecified atom stereocenters. The van der Waals surface area contributed by atoms with E-state index in [9.17, 15) is 0 Å². The molecule has 1 atom stereocenters. The monoisotopic (exact) mass is 164 g/mol. The second-order valence-corrected chi connectivity index (χ2v) is 3.11. The Morgan fingerprint density at radius 2 is 2.42 bits per heavy atom. The molecule has 1 fully saturated rings. The Labute approximate surface area is 71.4 Å². The van der Waals surface area contributed by atoms with Crippen LogP contribution in [-0.2, 0) is 0 Å². The van der Waals surface area contributed by atoms with Crippen LogP contribution in [0.5, 0.6) is 5.88 Å². The fourth-order valence-corrected chi connectivity index (χ4v) is 1.57. The van der Waals surface area contributed by atoms with Crippen LogP contribution in [-0.4, -0.2) is 23.2 Å². The summed E-state index contributed by atoms with van der Waals surface area (Å²) in [7, 11) is 0. The third-order valence-electron chi connectivity index (χ3n) is 2.23. The maximum Gasteiger partial charge on any atom is 0.210 e. The van der Waals surface area contributed by atoms with Crippen LogP contribution >= 0.6 is 0 Å². The minimum absolute atomic E-state index is 0.124. The summed E-state index contributed by atoms with van der Waals surface area (Å²) >= 11 is 0. The Kier molecular flexibility index (Phi) is 1.96. The molecule has 3 nitrogen and oxygen atoms in total. The SMILES string of the molecule is Oc1cccc(C2CCNC2)n1. The Morgan fingerprint density at radius 1 is 1.50 bits per heavy atom. The van der Waals surface area contributed by atoms with E-state index in [0.717, 1.165) is 25.2 Å². The smallest absolute Gasteiger partial charge is 0.210 e. The van der Waals surface area contributed by atoms with Gasteiger partial charge in [0.15, 0.2) is 0 Å². The molecular formula is C9H12N2O. The van der Waals surface area contributed by atoms with E-state index in [0.29, 0.717) is 5.92 Å². The number of nitrogens with one attached hydrogen (secondary N) is 1. The van der Waals surface area contributed by atoms with Crippen molar-refractivity contribution in [3.63, 3.8) is 0 Å². The predicted molar refractivity (Wildman–Crippen MR) is 46.1 cm³/mol. The van der Waals surface area contributed by atoms with Crippen LogP contribution in [0.25, 0.3) is 0 Å². The first kappa shape index (κ1) is 7.55. The van der Waals surface area contributed by atoms with Gasteiger partial charge in [0, 0.05) is 24.2 Å². The number of hydrogen-bond acceptors (Lipinski definition) is 3. The summed E-state index contributed by atoms with van der Waals surface area (Å²) in [6, 6.07) is 5.42. The molecule has 0 bridgehead atoms. The normalized spacial score (nSPS) is 22.8. The zero-order valence-electron chi connectivity index (χ0n) is 6.83. The number of pyridine rings is 1. The molecule has 0 aromatic carbocycles. The second-order valence-electron chi connectivity index (χ2n) is 3.11. The van der Waals surface area contributed by atoms with Gasteiger partial charge in [-0.2, -0.15) is 0 Å². The molecule has 0 saturated carbocycles. The highest BCUT2D eigenvalue weighted by Gasteiger charge is 2.17. The number of nitrogens with zero attached hydrogens (tertiary/aromatic N) is 1. The van der Waals surface area contributed by atoms with Gasteiger partial charge in [0.1, 0.15) is 0 Å². The van der Waals surface area contributed by atoms with Gasteiger partial charge in [0.05, 0.1) is 0 Å². The van der Waals surface area contributed by atoms with Crippen LogP contribution in [0.4, 0.5) is 0 Å². The maximum atomic E-state index is 9.14. The molecule has 1 saturated heterocycles. The standard InChI is InChI=1S/C9H12N2O/c12-9-3-1-2-8(11-9)7-4-5-10-6-7/h1-3,7,10H,4-6H2,(H,11,12). The molecule has 2 rings (SSSR count). The van der Waals surface area contributed by atoms with E-state index in [1.54, 1.807) is 6.07 Å². The van der Waals surface area contributed by atoms with Crippen molar-refractivity contribution >= 4 is 0 Å². The molecule has 3 heteroatoms. The summed E-state index contributed by atoms with van der Waals surface area (Å²) in [6.45, 7) is 2.04. The Bertz CT molecular complexity index is 269. The van der Waals surface area contributed by atoms with Gasteiger partial charge in [0.2, 0.25) is 5.88 Å². The molecule has 0 radical (unpaired) electrons. The third-order valence-corrected chi connectivity index (χ3v) is 2.23. The molecule has 64 valence electrons. The molecule has 0 spiro atoms. The quantitative estimate of drug-likeness (QED) is 0.647. The minimum Gasteiger partial charge on any atom is -0.493 e.